The minimum absolute atomic E-state index is 0.0405. The van der Waals surface area contributed by atoms with Gasteiger partial charge in [0.1, 0.15) is 0 Å². The molecule has 0 aliphatic rings. The third kappa shape index (κ3) is 4.02. The molecule has 0 unspecified atom stereocenters. The zero-order valence-corrected chi connectivity index (χ0v) is 12.9. The Morgan fingerprint density at radius 2 is 1.74 bits per heavy atom. The van der Waals surface area contributed by atoms with Gasteiger partial charge in [0.05, 0.1) is 11.3 Å². The van der Waals surface area contributed by atoms with E-state index in [9.17, 15) is 25.1 Å². The smallest absolute Gasteiger partial charge is 0.314 e. The summed E-state index contributed by atoms with van der Waals surface area (Å²) in [4.78, 5) is 21.8. The van der Waals surface area contributed by atoms with Crippen LogP contribution in [0.3, 0.4) is 0 Å². The topological polar surface area (TPSA) is 113 Å². The van der Waals surface area contributed by atoms with Crippen molar-refractivity contribution < 1.29 is 19.9 Å². The number of phenols is 2. The number of rotatable bonds is 4. The van der Waals surface area contributed by atoms with Gasteiger partial charge in [0.15, 0.2) is 5.75 Å². The van der Waals surface area contributed by atoms with Gasteiger partial charge in [0.2, 0.25) is 11.7 Å². The second kappa shape index (κ2) is 6.72. The second-order valence-electron chi connectivity index (χ2n) is 4.58. The van der Waals surface area contributed by atoms with E-state index in [1.54, 1.807) is 0 Å². The maximum absolute atomic E-state index is 12.0. The molecule has 120 valence electrons. The normalized spacial score (nSPS) is 10.3. The summed E-state index contributed by atoms with van der Waals surface area (Å²) >= 11 is 11.6. The number of hydrogen-bond donors (Lipinski definition) is 3. The van der Waals surface area contributed by atoms with Crippen LogP contribution < -0.4 is 5.32 Å². The molecule has 7 nitrogen and oxygen atoms in total. The zero-order chi connectivity index (χ0) is 17.1. The van der Waals surface area contributed by atoms with Crippen LogP contribution in [0.2, 0.25) is 10.0 Å². The van der Waals surface area contributed by atoms with Crippen LogP contribution in [0.4, 0.5) is 11.4 Å². The quantitative estimate of drug-likeness (QED) is 0.440. The number of nitrogens with zero attached hydrogens (tertiary/aromatic N) is 1. The molecule has 0 aliphatic heterocycles. The van der Waals surface area contributed by atoms with E-state index in [1.165, 1.54) is 24.3 Å². The number of hydrogen-bond acceptors (Lipinski definition) is 5. The highest BCUT2D eigenvalue weighted by Crippen LogP contribution is 2.37. The molecular weight excluding hydrogens is 347 g/mol. The Morgan fingerprint density at radius 1 is 1.13 bits per heavy atom. The summed E-state index contributed by atoms with van der Waals surface area (Å²) in [6, 6.07) is 6.67. The van der Waals surface area contributed by atoms with Crippen molar-refractivity contribution in [2.45, 2.75) is 6.42 Å². The summed E-state index contributed by atoms with van der Waals surface area (Å²) in [6.45, 7) is 0. The summed E-state index contributed by atoms with van der Waals surface area (Å²) in [5, 5.41) is 33.2. The lowest BCUT2D eigenvalue weighted by molar-refractivity contribution is -0.386. The summed E-state index contributed by atoms with van der Waals surface area (Å²) < 4.78 is 0. The Balaban J connectivity index is 2.17. The zero-order valence-electron chi connectivity index (χ0n) is 11.4. The average molecular weight is 357 g/mol. The number of nitro groups is 1. The van der Waals surface area contributed by atoms with E-state index in [2.05, 4.69) is 5.32 Å². The number of aromatic hydroxyl groups is 2. The molecule has 2 aromatic rings. The van der Waals surface area contributed by atoms with Gasteiger partial charge in [0.25, 0.3) is 0 Å². The first-order valence-electron chi connectivity index (χ1n) is 6.22. The van der Waals surface area contributed by atoms with E-state index in [-0.39, 0.29) is 12.0 Å². The van der Waals surface area contributed by atoms with Crippen LogP contribution in [-0.2, 0) is 11.2 Å². The van der Waals surface area contributed by atoms with Gasteiger partial charge >= 0.3 is 5.69 Å². The van der Waals surface area contributed by atoms with Crippen LogP contribution in [0.1, 0.15) is 5.56 Å². The van der Waals surface area contributed by atoms with Gasteiger partial charge in [-0.25, -0.2) is 0 Å². The van der Waals surface area contributed by atoms with Gasteiger partial charge < -0.3 is 15.5 Å². The molecule has 0 saturated carbocycles. The highest BCUT2D eigenvalue weighted by atomic mass is 35.5. The number of halogens is 2. The van der Waals surface area contributed by atoms with Crippen LogP contribution in [0.25, 0.3) is 0 Å². The van der Waals surface area contributed by atoms with E-state index < -0.39 is 28.0 Å². The lowest BCUT2D eigenvalue weighted by Crippen LogP contribution is -2.14. The van der Waals surface area contributed by atoms with Gasteiger partial charge in [-0.2, -0.15) is 0 Å². The van der Waals surface area contributed by atoms with Crippen molar-refractivity contribution in [3.63, 3.8) is 0 Å². The molecule has 9 heteroatoms. The first-order valence-corrected chi connectivity index (χ1v) is 6.97. The minimum Gasteiger partial charge on any atom is -0.504 e. The molecule has 0 saturated heterocycles. The largest absolute Gasteiger partial charge is 0.504 e. The number of phenolic OH excluding ortho intramolecular Hbond substituents is 2. The summed E-state index contributed by atoms with van der Waals surface area (Å²) in [5.74, 6) is -2.11. The molecular formula is C14H10Cl2N2O5. The molecule has 0 radical (unpaired) electrons. The monoisotopic (exact) mass is 356 g/mol. The van der Waals surface area contributed by atoms with Gasteiger partial charge in [-0.3, -0.25) is 14.9 Å². The van der Waals surface area contributed by atoms with Crippen molar-refractivity contribution >= 4 is 40.5 Å². The van der Waals surface area contributed by atoms with Crippen LogP contribution in [0.5, 0.6) is 11.5 Å². The lowest BCUT2D eigenvalue weighted by Gasteiger charge is -2.08. The van der Waals surface area contributed by atoms with Crippen molar-refractivity contribution in [1.82, 2.24) is 0 Å². The third-order valence-corrected chi connectivity index (χ3v) is 3.34. The number of nitro benzene ring substituents is 1. The summed E-state index contributed by atoms with van der Waals surface area (Å²) in [5.41, 5.74) is -0.245. The van der Waals surface area contributed by atoms with Crippen molar-refractivity contribution in [3.05, 3.63) is 56.1 Å². The molecule has 0 spiro atoms. The van der Waals surface area contributed by atoms with Gasteiger partial charge in [0, 0.05) is 27.4 Å². The van der Waals surface area contributed by atoms with Crippen LogP contribution in [-0.4, -0.2) is 21.0 Å². The first kappa shape index (κ1) is 16.9. The highest BCUT2D eigenvalue weighted by molar-refractivity contribution is 6.35. The summed E-state index contributed by atoms with van der Waals surface area (Å²) in [7, 11) is 0. The summed E-state index contributed by atoms with van der Waals surface area (Å²) in [6.07, 6.45) is -0.304. The molecule has 2 rings (SSSR count). The Labute approximate surface area is 140 Å². The number of amides is 1. The predicted octanol–water partition coefficient (Wildman–Crippen LogP) is 3.49. The van der Waals surface area contributed by atoms with Crippen LogP contribution in [0, 0.1) is 10.1 Å². The van der Waals surface area contributed by atoms with Crippen molar-refractivity contribution in [2.75, 3.05) is 5.32 Å². The Hall–Kier alpha value is -2.51. The highest BCUT2D eigenvalue weighted by Gasteiger charge is 2.21. The standard InChI is InChI=1S/C14H10Cl2N2O5/c15-8-4-9(16)6-10(5-8)17-12(19)3-7-1-2-11(18(22)23)14(21)13(7)20/h1-2,4-6,20-21H,3H2,(H,17,19). The minimum atomic E-state index is -0.883. The van der Waals surface area contributed by atoms with E-state index in [4.69, 9.17) is 23.2 Å². The molecule has 0 aliphatic carbocycles. The predicted molar refractivity (Wildman–Crippen MR) is 85.2 cm³/mol. The van der Waals surface area contributed by atoms with Gasteiger partial charge in [-0.05, 0) is 24.3 Å². The average Bonchev–Trinajstić information content (AvgIpc) is 2.42. The fraction of sp³-hybridized carbons (Fsp3) is 0.0714. The van der Waals surface area contributed by atoms with E-state index in [0.29, 0.717) is 15.7 Å². The molecule has 1 amide bonds. The molecule has 0 bridgehead atoms. The maximum atomic E-state index is 12.0. The number of nitrogens with one attached hydrogen (secondary N) is 1. The Morgan fingerprint density at radius 3 is 2.30 bits per heavy atom. The van der Waals surface area contributed by atoms with Crippen molar-refractivity contribution in [1.29, 1.82) is 0 Å². The third-order valence-electron chi connectivity index (χ3n) is 2.91. The Kier molecular flexibility index (Phi) is 4.92. The van der Waals surface area contributed by atoms with Crippen LogP contribution in [0.15, 0.2) is 30.3 Å². The van der Waals surface area contributed by atoms with E-state index in [1.807, 2.05) is 0 Å². The number of benzene rings is 2. The lowest BCUT2D eigenvalue weighted by atomic mass is 10.1. The Bertz CT molecular complexity index is 775. The molecule has 0 fully saturated rings. The second-order valence-corrected chi connectivity index (χ2v) is 5.45. The molecule has 3 N–H and O–H groups in total. The number of carbonyl (C=O) groups is 1. The van der Waals surface area contributed by atoms with Gasteiger partial charge in [-0.15, -0.1) is 0 Å². The van der Waals surface area contributed by atoms with Crippen LogP contribution >= 0.6 is 23.2 Å². The molecule has 0 heterocycles. The van der Waals surface area contributed by atoms with Crippen molar-refractivity contribution in [2.24, 2.45) is 0 Å². The van der Waals surface area contributed by atoms with Crippen molar-refractivity contribution in [3.8, 4) is 11.5 Å². The SMILES string of the molecule is O=C(Cc1ccc([N+](=O)[O-])c(O)c1O)Nc1cc(Cl)cc(Cl)c1. The van der Waals surface area contributed by atoms with Gasteiger partial charge in [-0.1, -0.05) is 23.2 Å². The fourth-order valence-electron chi connectivity index (χ4n) is 1.90. The van der Waals surface area contributed by atoms with E-state index in [0.717, 1.165) is 6.07 Å². The molecule has 23 heavy (non-hydrogen) atoms. The maximum Gasteiger partial charge on any atom is 0.314 e. The first-order chi connectivity index (χ1) is 10.8. The molecule has 0 aromatic heterocycles. The number of carbonyl (C=O) groups excluding carboxylic acids is 1. The number of anilines is 1. The van der Waals surface area contributed by atoms with E-state index >= 15 is 0 Å². The fourth-order valence-corrected chi connectivity index (χ4v) is 2.43. The molecule has 2 aromatic carbocycles. The molecule has 0 atom stereocenters.